The van der Waals surface area contributed by atoms with Crippen molar-refractivity contribution in [1.29, 1.82) is 0 Å². The summed E-state index contributed by atoms with van der Waals surface area (Å²) in [6.07, 6.45) is 2.46. The Balaban J connectivity index is 2.64. The van der Waals surface area contributed by atoms with Crippen molar-refractivity contribution in [3.05, 3.63) is 29.8 Å². The third-order valence-electron chi connectivity index (χ3n) is 3.07. The van der Waals surface area contributed by atoms with E-state index < -0.39 is 0 Å². The molecule has 90 valence electrons. The number of nitrogens with one attached hydrogen (secondary N) is 1. The molecule has 1 atom stereocenters. The van der Waals surface area contributed by atoms with Crippen LogP contribution in [0.3, 0.4) is 0 Å². The summed E-state index contributed by atoms with van der Waals surface area (Å²) in [7, 11) is 4.22. The van der Waals surface area contributed by atoms with Crippen LogP contribution in [-0.4, -0.2) is 26.7 Å². The van der Waals surface area contributed by atoms with Crippen molar-refractivity contribution in [3.8, 4) is 0 Å². The van der Waals surface area contributed by atoms with E-state index >= 15 is 0 Å². The lowest BCUT2D eigenvalue weighted by Crippen LogP contribution is -2.37. The van der Waals surface area contributed by atoms with Crippen LogP contribution < -0.4 is 10.2 Å². The zero-order valence-electron chi connectivity index (χ0n) is 11.0. The number of benzene rings is 1. The lowest BCUT2D eigenvalue weighted by Gasteiger charge is -2.26. The molecule has 0 saturated carbocycles. The maximum atomic E-state index is 3.38. The predicted molar refractivity (Wildman–Crippen MR) is 72.2 cm³/mol. The Bertz CT molecular complexity index is 309. The second-order valence-corrected chi connectivity index (χ2v) is 4.44. The summed E-state index contributed by atoms with van der Waals surface area (Å²) in [5, 5.41) is 3.38. The molecule has 1 N–H and O–H groups in total. The van der Waals surface area contributed by atoms with Crippen LogP contribution in [0.1, 0.15) is 25.3 Å². The fraction of sp³-hybridized carbons (Fsp3) is 0.571. The summed E-state index contributed by atoms with van der Waals surface area (Å²) in [5.41, 5.74) is 2.68. The molecule has 0 fully saturated rings. The quantitative estimate of drug-likeness (QED) is 0.793. The van der Waals surface area contributed by atoms with Crippen molar-refractivity contribution < 1.29 is 0 Å². The molecular weight excluding hydrogens is 196 g/mol. The molecule has 0 saturated heterocycles. The SMILES string of the molecule is CCCC(CN(C)c1ccccc1C)NC. The van der Waals surface area contributed by atoms with Gasteiger partial charge in [-0.15, -0.1) is 0 Å². The normalized spacial score (nSPS) is 12.5. The van der Waals surface area contributed by atoms with Crippen molar-refractivity contribution in [2.24, 2.45) is 0 Å². The monoisotopic (exact) mass is 220 g/mol. The Morgan fingerprint density at radius 2 is 2.00 bits per heavy atom. The summed E-state index contributed by atoms with van der Waals surface area (Å²) in [5.74, 6) is 0. The van der Waals surface area contributed by atoms with Crippen LogP contribution in [-0.2, 0) is 0 Å². The van der Waals surface area contributed by atoms with E-state index in [1.165, 1.54) is 24.1 Å². The zero-order valence-corrected chi connectivity index (χ0v) is 11.0. The van der Waals surface area contributed by atoms with Gasteiger partial charge < -0.3 is 10.2 Å². The fourth-order valence-corrected chi connectivity index (χ4v) is 2.10. The summed E-state index contributed by atoms with van der Waals surface area (Å²) >= 11 is 0. The molecule has 1 unspecified atom stereocenters. The van der Waals surface area contributed by atoms with E-state index in [2.05, 4.69) is 55.4 Å². The fourth-order valence-electron chi connectivity index (χ4n) is 2.10. The first-order valence-electron chi connectivity index (χ1n) is 6.13. The van der Waals surface area contributed by atoms with Gasteiger partial charge in [0.1, 0.15) is 0 Å². The average Bonchev–Trinajstić information content (AvgIpc) is 2.28. The van der Waals surface area contributed by atoms with Gasteiger partial charge in [0.15, 0.2) is 0 Å². The van der Waals surface area contributed by atoms with Gasteiger partial charge in [0.05, 0.1) is 0 Å². The van der Waals surface area contributed by atoms with Gasteiger partial charge in [-0.1, -0.05) is 31.5 Å². The van der Waals surface area contributed by atoms with Crippen LogP contribution in [0.4, 0.5) is 5.69 Å². The van der Waals surface area contributed by atoms with Gasteiger partial charge in [-0.05, 0) is 32.0 Å². The second kappa shape index (κ2) is 6.54. The molecule has 0 radical (unpaired) electrons. The van der Waals surface area contributed by atoms with Gasteiger partial charge in [0.25, 0.3) is 0 Å². The number of hydrogen-bond donors (Lipinski definition) is 1. The molecule has 1 aromatic carbocycles. The minimum Gasteiger partial charge on any atom is -0.373 e. The van der Waals surface area contributed by atoms with Crippen molar-refractivity contribution >= 4 is 5.69 Å². The van der Waals surface area contributed by atoms with Crippen molar-refractivity contribution in [1.82, 2.24) is 5.32 Å². The molecule has 0 amide bonds. The van der Waals surface area contributed by atoms with Gasteiger partial charge in [0.2, 0.25) is 0 Å². The molecule has 0 aromatic heterocycles. The van der Waals surface area contributed by atoms with E-state index in [0.29, 0.717) is 6.04 Å². The molecule has 0 aliphatic heterocycles. The highest BCUT2D eigenvalue weighted by atomic mass is 15.1. The molecular formula is C14H24N2. The number of likely N-dealkylation sites (N-methyl/N-ethyl adjacent to an activating group) is 2. The van der Waals surface area contributed by atoms with Crippen LogP contribution in [0.2, 0.25) is 0 Å². The van der Waals surface area contributed by atoms with Crippen molar-refractivity contribution in [3.63, 3.8) is 0 Å². The average molecular weight is 220 g/mol. The first-order valence-corrected chi connectivity index (χ1v) is 6.13. The molecule has 0 bridgehead atoms. The van der Waals surface area contributed by atoms with Gasteiger partial charge in [-0.2, -0.15) is 0 Å². The van der Waals surface area contributed by atoms with Crippen molar-refractivity contribution in [2.45, 2.75) is 32.7 Å². The Hall–Kier alpha value is -1.02. The maximum Gasteiger partial charge on any atom is 0.0393 e. The number of anilines is 1. The smallest absolute Gasteiger partial charge is 0.0393 e. The number of nitrogens with zero attached hydrogens (tertiary/aromatic N) is 1. The summed E-state index contributed by atoms with van der Waals surface area (Å²) in [4.78, 5) is 2.34. The van der Waals surface area contributed by atoms with E-state index in [1.54, 1.807) is 0 Å². The molecule has 2 nitrogen and oxygen atoms in total. The van der Waals surface area contributed by atoms with E-state index in [1.807, 2.05) is 7.05 Å². The van der Waals surface area contributed by atoms with Gasteiger partial charge in [-0.25, -0.2) is 0 Å². The van der Waals surface area contributed by atoms with Crippen molar-refractivity contribution in [2.75, 3.05) is 25.5 Å². The first-order chi connectivity index (χ1) is 7.69. The Labute approximate surface area is 99.7 Å². The molecule has 2 heteroatoms. The minimum atomic E-state index is 0.578. The number of para-hydroxylation sites is 1. The molecule has 0 aliphatic carbocycles. The number of aryl methyl sites for hydroxylation is 1. The first kappa shape index (κ1) is 13.0. The van der Waals surface area contributed by atoms with E-state index in [-0.39, 0.29) is 0 Å². The number of rotatable bonds is 6. The molecule has 1 aromatic rings. The van der Waals surface area contributed by atoms with E-state index in [9.17, 15) is 0 Å². The Morgan fingerprint density at radius 3 is 2.56 bits per heavy atom. The Kier molecular flexibility index (Phi) is 5.33. The second-order valence-electron chi connectivity index (χ2n) is 4.44. The zero-order chi connectivity index (χ0) is 12.0. The largest absolute Gasteiger partial charge is 0.373 e. The highest BCUT2D eigenvalue weighted by Gasteiger charge is 2.10. The molecule has 1 rings (SSSR count). The van der Waals surface area contributed by atoms with Crippen LogP contribution in [0.5, 0.6) is 0 Å². The van der Waals surface area contributed by atoms with Crippen LogP contribution in [0, 0.1) is 6.92 Å². The maximum absolute atomic E-state index is 3.38. The van der Waals surface area contributed by atoms with Gasteiger partial charge >= 0.3 is 0 Å². The van der Waals surface area contributed by atoms with E-state index in [4.69, 9.17) is 0 Å². The highest BCUT2D eigenvalue weighted by Crippen LogP contribution is 2.18. The summed E-state index contributed by atoms with van der Waals surface area (Å²) in [6.45, 7) is 5.47. The third-order valence-corrected chi connectivity index (χ3v) is 3.07. The van der Waals surface area contributed by atoms with Crippen LogP contribution in [0.15, 0.2) is 24.3 Å². The molecule has 0 spiro atoms. The van der Waals surface area contributed by atoms with Crippen LogP contribution >= 0.6 is 0 Å². The lowest BCUT2D eigenvalue weighted by atomic mass is 10.1. The van der Waals surface area contributed by atoms with E-state index in [0.717, 1.165) is 6.54 Å². The molecule has 0 aliphatic rings. The summed E-state index contributed by atoms with van der Waals surface area (Å²) in [6, 6.07) is 9.13. The predicted octanol–water partition coefficient (Wildman–Crippen LogP) is 2.82. The molecule has 0 heterocycles. The number of hydrogen-bond acceptors (Lipinski definition) is 2. The molecule has 16 heavy (non-hydrogen) atoms. The van der Waals surface area contributed by atoms with Crippen LogP contribution in [0.25, 0.3) is 0 Å². The standard InChI is InChI=1S/C14H24N2/c1-5-8-13(15-3)11-16(4)14-10-7-6-9-12(14)2/h6-7,9-10,13,15H,5,8,11H2,1-4H3. The topological polar surface area (TPSA) is 15.3 Å². The van der Waals surface area contributed by atoms with Gasteiger partial charge in [0, 0.05) is 25.3 Å². The van der Waals surface area contributed by atoms with Gasteiger partial charge in [-0.3, -0.25) is 0 Å². The minimum absolute atomic E-state index is 0.578. The third kappa shape index (κ3) is 3.53. The highest BCUT2D eigenvalue weighted by molar-refractivity contribution is 5.52. The Morgan fingerprint density at radius 1 is 1.31 bits per heavy atom. The lowest BCUT2D eigenvalue weighted by molar-refractivity contribution is 0.515. The summed E-state index contributed by atoms with van der Waals surface area (Å²) < 4.78 is 0.